The summed E-state index contributed by atoms with van der Waals surface area (Å²) < 4.78 is 13.6. The highest BCUT2D eigenvalue weighted by Crippen LogP contribution is 2.46. The van der Waals surface area contributed by atoms with Crippen molar-refractivity contribution in [3.63, 3.8) is 0 Å². The zero-order valence-corrected chi connectivity index (χ0v) is 25.7. The lowest BCUT2D eigenvalue weighted by Crippen LogP contribution is -2.41. The van der Waals surface area contributed by atoms with Gasteiger partial charge >= 0.3 is 0 Å². The van der Waals surface area contributed by atoms with Gasteiger partial charge in [0.1, 0.15) is 0 Å². The van der Waals surface area contributed by atoms with Crippen molar-refractivity contribution in [1.29, 1.82) is 0 Å². The summed E-state index contributed by atoms with van der Waals surface area (Å²) in [6.45, 7) is 2.69. The van der Waals surface area contributed by atoms with Gasteiger partial charge in [0.2, 0.25) is 0 Å². The van der Waals surface area contributed by atoms with Crippen LogP contribution in [0.4, 0.5) is 0 Å². The van der Waals surface area contributed by atoms with Gasteiger partial charge in [-0.2, -0.15) is 0 Å². The first-order valence-electron chi connectivity index (χ1n) is 13.8. The number of hydrogen-bond donors (Lipinski definition) is 0. The number of oxime groups is 1. The lowest BCUT2D eigenvalue weighted by Gasteiger charge is -2.37. The number of pyridine rings is 1. The predicted octanol–water partition coefficient (Wildman–Crippen LogP) is 6.42. The fourth-order valence-corrected chi connectivity index (χ4v) is 8.08. The molecule has 2 saturated heterocycles. The van der Waals surface area contributed by atoms with Crippen LogP contribution in [-0.2, 0) is 31.9 Å². The van der Waals surface area contributed by atoms with E-state index >= 15 is 0 Å². The number of carbonyl (C=O) groups excluding carboxylic acids is 1. The van der Waals surface area contributed by atoms with Gasteiger partial charge < -0.3 is 19.2 Å². The van der Waals surface area contributed by atoms with Crippen LogP contribution in [0.3, 0.4) is 0 Å². The molecule has 1 amide bonds. The van der Waals surface area contributed by atoms with Gasteiger partial charge in [0.15, 0.2) is 12.4 Å². The second-order valence-corrected chi connectivity index (χ2v) is 13.1. The van der Waals surface area contributed by atoms with E-state index in [4.69, 9.17) is 30.9 Å². The molecule has 0 radical (unpaired) electrons. The standard InChI is InChI=1S/C29H32Br2ClN3O4/c30-21-13-20-2-1-19-14-22(32)15-24(31)26(19)27(28(20)33-16-21)18-5-9-35(10-6-18)25(36)17-39-34-23-3-7-29(8-4-23)37-11-12-38-29/h13-16,18,27H,1-12,17H2/t27-/m1/s1. The number of halogens is 3. The van der Waals surface area contributed by atoms with Crippen molar-refractivity contribution in [2.75, 3.05) is 32.9 Å². The predicted molar refractivity (Wildman–Crippen MR) is 156 cm³/mol. The van der Waals surface area contributed by atoms with Crippen LogP contribution in [0.25, 0.3) is 0 Å². The second-order valence-electron chi connectivity index (χ2n) is 10.9. The van der Waals surface area contributed by atoms with Crippen molar-refractivity contribution in [2.24, 2.45) is 11.1 Å². The number of aryl methyl sites for hydroxylation is 2. The Bertz CT molecular complexity index is 1260. The summed E-state index contributed by atoms with van der Waals surface area (Å²) >= 11 is 13.9. The van der Waals surface area contributed by atoms with E-state index in [9.17, 15) is 4.79 Å². The lowest BCUT2D eigenvalue weighted by atomic mass is 9.76. The molecule has 0 N–H and O–H groups in total. The number of rotatable bonds is 4. The maximum absolute atomic E-state index is 13.0. The van der Waals surface area contributed by atoms with Gasteiger partial charge in [-0.3, -0.25) is 9.78 Å². The minimum atomic E-state index is -0.425. The molecule has 1 atom stereocenters. The number of nitrogens with zero attached hydrogens (tertiary/aromatic N) is 3. The average molecular weight is 682 g/mol. The van der Waals surface area contributed by atoms with E-state index in [0.29, 0.717) is 32.2 Å². The number of carbonyl (C=O) groups is 1. The van der Waals surface area contributed by atoms with Crippen LogP contribution in [0.1, 0.15) is 66.8 Å². The minimum absolute atomic E-state index is 0.00998. The van der Waals surface area contributed by atoms with Gasteiger partial charge in [0.25, 0.3) is 5.91 Å². The number of amides is 1. The quantitative estimate of drug-likeness (QED) is 0.349. The summed E-state index contributed by atoms with van der Waals surface area (Å²) in [5.74, 6) is 0.0844. The van der Waals surface area contributed by atoms with Gasteiger partial charge in [-0.05, 0) is 95.3 Å². The van der Waals surface area contributed by atoms with Crippen molar-refractivity contribution < 1.29 is 19.1 Å². The maximum atomic E-state index is 13.0. The van der Waals surface area contributed by atoms with E-state index < -0.39 is 5.79 Å². The fourth-order valence-electron chi connectivity index (χ4n) is 6.58. The van der Waals surface area contributed by atoms with Gasteiger partial charge in [-0.25, -0.2) is 0 Å². The smallest absolute Gasteiger partial charge is 0.263 e. The Kier molecular flexibility index (Phi) is 8.34. The summed E-state index contributed by atoms with van der Waals surface area (Å²) in [4.78, 5) is 25.3. The zero-order valence-electron chi connectivity index (χ0n) is 21.8. The summed E-state index contributed by atoms with van der Waals surface area (Å²) in [7, 11) is 0. The van der Waals surface area contributed by atoms with Crippen LogP contribution in [-0.4, -0.2) is 60.2 Å². The minimum Gasteiger partial charge on any atom is -0.386 e. The van der Waals surface area contributed by atoms with Gasteiger partial charge in [0, 0.05) is 52.0 Å². The molecule has 39 heavy (non-hydrogen) atoms. The molecule has 0 unspecified atom stereocenters. The van der Waals surface area contributed by atoms with E-state index in [1.807, 2.05) is 17.2 Å². The van der Waals surface area contributed by atoms with Crippen molar-refractivity contribution in [3.8, 4) is 0 Å². The van der Waals surface area contributed by atoms with Crippen LogP contribution >= 0.6 is 43.5 Å². The molecule has 3 heterocycles. The number of hydrogen-bond acceptors (Lipinski definition) is 6. The molecule has 1 aromatic heterocycles. The number of aromatic nitrogens is 1. The molecule has 4 aliphatic rings. The average Bonchev–Trinajstić information content (AvgIpc) is 3.32. The van der Waals surface area contributed by atoms with Crippen LogP contribution in [0.5, 0.6) is 0 Å². The van der Waals surface area contributed by atoms with Crippen molar-refractivity contribution in [3.05, 3.63) is 60.7 Å². The fraction of sp³-hybridized carbons (Fsp3) is 0.552. The van der Waals surface area contributed by atoms with Crippen LogP contribution in [0, 0.1) is 5.92 Å². The molecule has 10 heteroatoms. The lowest BCUT2D eigenvalue weighted by molar-refractivity contribution is -0.168. The highest BCUT2D eigenvalue weighted by molar-refractivity contribution is 9.10. The molecule has 2 aliphatic heterocycles. The molecule has 0 bridgehead atoms. The highest BCUT2D eigenvalue weighted by Gasteiger charge is 2.40. The molecule has 6 rings (SSSR count). The Morgan fingerprint density at radius 3 is 2.54 bits per heavy atom. The summed E-state index contributed by atoms with van der Waals surface area (Å²) in [5, 5.41) is 5.02. The molecule has 2 aliphatic carbocycles. The molecule has 1 aromatic carbocycles. The molecule has 1 spiro atoms. The summed E-state index contributed by atoms with van der Waals surface area (Å²) in [6, 6.07) is 6.30. The van der Waals surface area contributed by atoms with E-state index in [-0.39, 0.29) is 18.4 Å². The van der Waals surface area contributed by atoms with E-state index in [1.165, 1.54) is 16.7 Å². The first kappa shape index (κ1) is 27.6. The van der Waals surface area contributed by atoms with Crippen molar-refractivity contribution in [2.45, 2.75) is 63.1 Å². The van der Waals surface area contributed by atoms with Gasteiger partial charge in [0.05, 0.1) is 24.6 Å². The Hall–Kier alpha value is -1.52. The number of fused-ring (bicyclic) bond motifs is 2. The largest absolute Gasteiger partial charge is 0.386 e. The molecule has 3 fully saturated rings. The third kappa shape index (κ3) is 5.94. The second kappa shape index (κ2) is 11.8. The van der Waals surface area contributed by atoms with Gasteiger partial charge in [-0.1, -0.05) is 32.7 Å². The Balaban J connectivity index is 1.10. The summed E-state index contributed by atoms with van der Waals surface area (Å²) in [6.07, 6.45) is 8.68. The number of piperidine rings is 1. The number of ether oxygens (including phenoxy) is 2. The SMILES string of the molecule is O=C(CON=C1CCC2(CC1)OCCO2)N1CCC([C@H]2c3ncc(Br)cc3CCc3cc(Cl)cc(Br)c32)CC1. The Labute approximate surface area is 250 Å². The topological polar surface area (TPSA) is 73.2 Å². The van der Waals surface area contributed by atoms with E-state index in [1.54, 1.807) is 0 Å². The Morgan fingerprint density at radius 1 is 1.08 bits per heavy atom. The van der Waals surface area contributed by atoms with Crippen LogP contribution < -0.4 is 0 Å². The molecular weight excluding hydrogens is 650 g/mol. The Morgan fingerprint density at radius 2 is 1.79 bits per heavy atom. The first-order chi connectivity index (χ1) is 18.9. The number of benzene rings is 1. The van der Waals surface area contributed by atoms with E-state index in [0.717, 1.165) is 76.7 Å². The first-order valence-corrected chi connectivity index (χ1v) is 15.7. The van der Waals surface area contributed by atoms with E-state index in [2.05, 4.69) is 49.1 Å². The van der Waals surface area contributed by atoms with Crippen molar-refractivity contribution in [1.82, 2.24) is 9.88 Å². The summed E-state index contributed by atoms with van der Waals surface area (Å²) in [5.41, 5.74) is 5.96. The number of likely N-dealkylation sites (tertiary alicyclic amines) is 1. The molecule has 2 aromatic rings. The molecular formula is C29H32Br2ClN3O4. The monoisotopic (exact) mass is 679 g/mol. The van der Waals surface area contributed by atoms with Crippen LogP contribution in [0.15, 0.2) is 38.5 Å². The zero-order chi connectivity index (χ0) is 27.0. The third-order valence-electron chi connectivity index (χ3n) is 8.57. The van der Waals surface area contributed by atoms with Gasteiger partial charge in [-0.15, -0.1) is 0 Å². The highest BCUT2D eigenvalue weighted by atomic mass is 79.9. The van der Waals surface area contributed by atoms with Crippen molar-refractivity contribution >= 4 is 55.1 Å². The third-order valence-corrected chi connectivity index (χ3v) is 9.87. The molecule has 7 nitrogen and oxygen atoms in total. The molecule has 1 saturated carbocycles. The normalized spacial score (nSPS) is 22.8. The van der Waals surface area contributed by atoms with Crippen LogP contribution in [0.2, 0.25) is 5.02 Å². The molecule has 208 valence electrons. The maximum Gasteiger partial charge on any atom is 0.263 e.